The third-order valence-corrected chi connectivity index (χ3v) is 7.81. The average molecular weight is 645 g/mol. The summed E-state index contributed by atoms with van der Waals surface area (Å²) in [7, 11) is 0. The minimum absolute atomic E-state index is 0.669. The Bertz CT molecular complexity index is 2010. The Hall–Kier alpha value is -5.48. The van der Waals surface area contributed by atoms with Gasteiger partial charge in [0.15, 0.2) is 17.5 Å². The van der Waals surface area contributed by atoms with Crippen LogP contribution in [0.3, 0.4) is 0 Å². The highest BCUT2D eigenvalue weighted by atomic mass is 15.0. The van der Waals surface area contributed by atoms with E-state index in [9.17, 15) is 0 Å². The number of aromatic nitrogens is 4. The van der Waals surface area contributed by atoms with Crippen molar-refractivity contribution in [1.29, 1.82) is 0 Å². The van der Waals surface area contributed by atoms with Crippen LogP contribution in [-0.4, -0.2) is 19.9 Å². The molecule has 0 amide bonds. The van der Waals surface area contributed by atoms with Gasteiger partial charge < -0.3 is 0 Å². The summed E-state index contributed by atoms with van der Waals surface area (Å²) in [4.78, 5) is 19.5. The van der Waals surface area contributed by atoms with Crippen molar-refractivity contribution >= 4 is 10.9 Å². The molecule has 0 unspecified atom stereocenters. The van der Waals surface area contributed by atoms with Gasteiger partial charge in [-0.2, -0.15) is 0 Å². The number of hydrogen-bond acceptors (Lipinski definition) is 4. The van der Waals surface area contributed by atoms with Crippen LogP contribution in [0.1, 0.15) is 66.5 Å². The standard InChI is InChI=1S/C37H24N4.4C2H6/c1-3-10-24(11-4-1)35-39-36(25-12-5-2-6-13-25)41-37(40-35)31-16-9-14-28-22-26-18-19-27(23-32(26)34(28)31)29-20-21-38-33-17-8-7-15-30(29)33;4*1-2/h1-21,23H,22H2;4*1-2H3. The van der Waals surface area contributed by atoms with Crippen LogP contribution in [0.25, 0.3) is 67.3 Å². The topological polar surface area (TPSA) is 51.6 Å². The predicted molar refractivity (Wildman–Crippen MR) is 211 cm³/mol. The Morgan fingerprint density at radius 3 is 1.61 bits per heavy atom. The van der Waals surface area contributed by atoms with Gasteiger partial charge in [-0.15, -0.1) is 0 Å². The molecule has 1 aliphatic rings. The van der Waals surface area contributed by atoms with Crippen molar-refractivity contribution in [3.8, 4) is 56.4 Å². The van der Waals surface area contributed by atoms with Crippen LogP contribution in [0.4, 0.5) is 0 Å². The van der Waals surface area contributed by atoms with Gasteiger partial charge >= 0.3 is 0 Å². The van der Waals surface area contributed by atoms with Crippen LogP contribution in [0.5, 0.6) is 0 Å². The van der Waals surface area contributed by atoms with Crippen molar-refractivity contribution in [2.75, 3.05) is 0 Å². The highest BCUT2D eigenvalue weighted by molar-refractivity contribution is 5.97. The van der Waals surface area contributed by atoms with Crippen LogP contribution < -0.4 is 0 Å². The fraction of sp³-hybridized carbons (Fsp3) is 0.200. The lowest BCUT2D eigenvalue weighted by Crippen LogP contribution is -2.01. The minimum atomic E-state index is 0.669. The third kappa shape index (κ3) is 7.81. The molecule has 248 valence electrons. The van der Waals surface area contributed by atoms with E-state index < -0.39 is 0 Å². The third-order valence-electron chi connectivity index (χ3n) is 7.81. The lowest BCUT2D eigenvalue weighted by Gasteiger charge is -2.13. The molecule has 0 N–H and O–H groups in total. The lowest BCUT2D eigenvalue weighted by molar-refractivity contribution is 1.07. The maximum absolute atomic E-state index is 5.04. The molecule has 0 aliphatic heterocycles. The van der Waals surface area contributed by atoms with Gasteiger partial charge in [-0.3, -0.25) is 4.98 Å². The van der Waals surface area contributed by atoms with Crippen LogP contribution in [0, 0.1) is 0 Å². The van der Waals surface area contributed by atoms with E-state index in [1.165, 1.54) is 33.4 Å². The number of para-hydroxylation sites is 1. The van der Waals surface area contributed by atoms with Crippen molar-refractivity contribution in [2.24, 2.45) is 0 Å². The molecule has 0 fully saturated rings. The average Bonchev–Trinajstić information content (AvgIpc) is 3.59. The van der Waals surface area contributed by atoms with E-state index in [4.69, 9.17) is 15.0 Å². The highest BCUT2D eigenvalue weighted by Crippen LogP contribution is 2.44. The van der Waals surface area contributed by atoms with E-state index in [1.54, 1.807) is 0 Å². The summed E-state index contributed by atoms with van der Waals surface area (Å²) in [6.45, 7) is 16.0. The molecule has 0 atom stereocenters. The first kappa shape index (κ1) is 36.4. The van der Waals surface area contributed by atoms with Crippen LogP contribution >= 0.6 is 0 Å². The summed E-state index contributed by atoms with van der Waals surface area (Å²) in [6, 6.07) is 44.0. The van der Waals surface area contributed by atoms with E-state index in [0.717, 1.165) is 34.0 Å². The fourth-order valence-corrected chi connectivity index (χ4v) is 5.86. The van der Waals surface area contributed by atoms with Crippen molar-refractivity contribution in [3.63, 3.8) is 0 Å². The Morgan fingerprint density at radius 1 is 0.408 bits per heavy atom. The highest BCUT2D eigenvalue weighted by Gasteiger charge is 2.25. The number of nitrogens with zero attached hydrogens (tertiary/aromatic N) is 4. The molecule has 7 aromatic rings. The van der Waals surface area contributed by atoms with Crippen LogP contribution in [0.15, 0.2) is 134 Å². The molecule has 1 aliphatic carbocycles. The van der Waals surface area contributed by atoms with Gasteiger partial charge in [0, 0.05) is 28.3 Å². The molecular formula is C45H48N4. The zero-order chi connectivity index (χ0) is 35.2. The number of fused-ring (bicyclic) bond motifs is 4. The first-order chi connectivity index (χ1) is 24.3. The number of benzene rings is 5. The summed E-state index contributed by atoms with van der Waals surface area (Å²) in [6.07, 6.45) is 2.78. The van der Waals surface area contributed by atoms with Crippen LogP contribution in [0.2, 0.25) is 0 Å². The van der Waals surface area contributed by atoms with Gasteiger partial charge in [-0.25, -0.2) is 15.0 Å². The number of pyridine rings is 1. The summed E-state index contributed by atoms with van der Waals surface area (Å²) in [5.74, 6) is 2.02. The van der Waals surface area contributed by atoms with Gasteiger partial charge in [0.05, 0.1) is 5.52 Å². The molecule has 8 rings (SSSR count). The Kier molecular flexibility index (Phi) is 13.5. The maximum atomic E-state index is 5.04. The predicted octanol–water partition coefficient (Wildman–Crippen LogP) is 12.8. The van der Waals surface area contributed by atoms with Crippen molar-refractivity contribution in [1.82, 2.24) is 19.9 Å². The molecule has 4 heteroatoms. The number of rotatable bonds is 4. The first-order valence-corrected chi connectivity index (χ1v) is 17.8. The zero-order valence-electron chi connectivity index (χ0n) is 30.2. The monoisotopic (exact) mass is 644 g/mol. The zero-order valence-corrected chi connectivity index (χ0v) is 30.2. The van der Waals surface area contributed by atoms with Crippen LogP contribution in [-0.2, 0) is 6.42 Å². The molecule has 49 heavy (non-hydrogen) atoms. The Labute approximate surface area is 293 Å². The summed E-state index contributed by atoms with van der Waals surface area (Å²) < 4.78 is 0. The molecule has 0 spiro atoms. The molecule has 2 heterocycles. The summed E-state index contributed by atoms with van der Waals surface area (Å²) >= 11 is 0. The van der Waals surface area contributed by atoms with Gasteiger partial charge in [0.25, 0.3) is 0 Å². The normalized spacial score (nSPS) is 10.4. The Balaban J connectivity index is 0.000000633. The van der Waals surface area contributed by atoms with E-state index in [0.29, 0.717) is 17.5 Å². The van der Waals surface area contributed by atoms with Gasteiger partial charge in [0.2, 0.25) is 0 Å². The van der Waals surface area contributed by atoms with Gasteiger partial charge in [-0.1, -0.05) is 165 Å². The Morgan fingerprint density at radius 2 is 0.980 bits per heavy atom. The second-order valence-electron chi connectivity index (χ2n) is 10.3. The quantitative estimate of drug-likeness (QED) is 0.191. The van der Waals surface area contributed by atoms with Crippen molar-refractivity contribution in [3.05, 3.63) is 145 Å². The summed E-state index contributed by atoms with van der Waals surface area (Å²) in [5.41, 5.74) is 11.4. The SMILES string of the molecule is CC.CC.CC.CC.c1ccc(-c2nc(-c3ccccc3)nc(-c3cccc4c3-c3cc(-c5ccnc6ccccc56)ccc3C4)n2)cc1. The lowest BCUT2D eigenvalue weighted by atomic mass is 9.94. The second-order valence-corrected chi connectivity index (χ2v) is 10.3. The number of hydrogen-bond donors (Lipinski definition) is 0. The molecule has 5 aromatic carbocycles. The van der Waals surface area contributed by atoms with E-state index >= 15 is 0 Å². The van der Waals surface area contributed by atoms with Gasteiger partial charge in [-0.05, 0) is 58.0 Å². The smallest absolute Gasteiger partial charge is 0.164 e. The van der Waals surface area contributed by atoms with Crippen molar-refractivity contribution < 1.29 is 0 Å². The van der Waals surface area contributed by atoms with E-state index in [1.807, 2.05) is 128 Å². The molecule has 0 saturated carbocycles. The molecule has 2 aromatic heterocycles. The minimum Gasteiger partial charge on any atom is -0.256 e. The maximum Gasteiger partial charge on any atom is 0.164 e. The first-order valence-electron chi connectivity index (χ1n) is 17.8. The fourth-order valence-electron chi connectivity index (χ4n) is 5.86. The van der Waals surface area contributed by atoms with Crippen molar-refractivity contribution in [2.45, 2.75) is 61.8 Å². The second kappa shape index (κ2) is 18.2. The molecular weight excluding hydrogens is 597 g/mol. The van der Waals surface area contributed by atoms with Gasteiger partial charge in [0.1, 0.15) is 0 Å². The summed E-state index contributed by atoms with van der Waals surface area (Å²) in [5, 5.41) is 1.15. The molecule has 4 nitrogen and oxygen atoms in total. The van der Waals surface area contributed by atoms with E-state index in [-0.39, 0.29) is 0 Å². The molecule has 0 radical (unpaired) electrons. The molecule has 0 bridgehead atoms. The van der Waals surface area contributed by atoms with E-state index in [2.05, 4.69) is 65.6 Å². The molecule has 0 saturated heterocycles. The largest absolute Gasteiger partial charge is 0.256 e.